The summed E-state index contributed by atoms with van der Waals surface area (Å²) in [5, 5.41) is 9.19. The SMILES string of the molecule is CC(C1CC1)N(C)C1(CC(=O)O)CCCCC1. The van der Waals surface area contributed by atoms with Crippen molar-refractivity contribution in [3.8, 4) is 0 Å². The summed E-state index contributed by atoms with van der Waals surface area (Å²) in [4.78, 5) is 13.6. The third-order valence-corrected chi connectivity index (χ3v) is 4.93. The van der Waals surface area contributed by atoms with Crippen molar-refractivity contribution in [2.45, 2.75) is 69.9 Å². The van der Waals surface area contributed by atoms with Gasteiger partial charge in [-0.3, -0.25) is 9.69 Å². The topological polar surface area (TPSA) is 40.5 Å². The molecule has 2 saturated carbocycles. The molecule has 98 valence electrons. The highest BCUT2D eigenvalue weighted by Gasteiger charge is 2.43. The van der Waals surface area contributed by atoms with Gasteiger partial charge in [-0.05, 0) is 45.6 Å². The van der Waals surface area contributed by atoms with Crippen molar-refractivity contribution in [1.82, 2.24) is 4.90 Å². The normalized spacial score (nSPS) is 25.8. The fourth-order valence-corrected chi connectivity index (χ4v) is 3.47. The standard InChI is InChI=1S/C14H25NO2/c1-11(12-6-7-12)15(2)14(10-13(16)17)8-4-3-5-9-14/h11-12H,3-10H2,1-2H3,(H,16,17). The number of hydrogen-bond acceptors (Lipinski definition) is 2. The van der Waals surface area contributed by atoms with E-state index in [4.69, 9.17) is 0 Å². The summed E-state index contributed by atoms with van der Waals surface area (Å²) >= 11 is 0. The van der Waals surface area contributed by atoms with Gasteiger partial charge in [0.25, 0.3) is 0 Å². The van der Waals surface area contributed by atoms with Gasteiger partial charge in [-0.25, -0.2) is 0 Å². The lowest BCUT2D eigenvalue weighted by atomic mass is 9.77. The molecule has 17 heavy (non-hydrogen) atoms. The van der Waals surface area contributed by atoms with E-state index in [1.807, 2.05) is 0 Å². The van der Waals surface area contributed by atoms with Crippen molar-refractivity contribution in [3.05, 3.63) is 0 Å². The fraction of sp³-hybridized carbons (Fsp3) is 0.929. The molecule has 0 aromatic rings. The molecular weight excluding hydrogens is 214 g/mol. The molecule has 1 atom stereocenters. The summed E-state index contributed by atoms with van der Waals surface area (Å²) in [7, 11) is 2.15. The van der Waals surface area contributed by atoms with Gasteiger partial charge in [-0.1, -0.05) is 19.3 Å². The third-order valence-electron chi connectivity index (χ3n) is 4.93. The van der Waals surface area contributed by atoms with Crippen molar-refractivity contribution in [3.63, 3.8) is 0 Å². The Morgan fingerprint density at radius 3 is 2.41 bits per heavy atom. The van der Waals surface area contributed by atoms with E-state index in [9.17, 15) is 9.90 Å². The average molecular weight is 239 g/mol. The summed E-state index contributed by atoms with van der Waals surface area (Å²) in [6.07, 6.45) is 8.75. The van der Waals surface area contributed by atoms with E-state index >= 15 is 0 Å². The van der Waals surface area contributed by atoms with Gasteiger partial charge in [-0.15, -0.1) is 0 Å². The second-order valence-electron chi connectivity index (χ2n) is 6.04. The molecule has 0 amide bonds. The summed E-state index contributed by atoms with van der Waals surface area (Å²) in [6, 6.07) is 0.549. The van der Waals surface area contributed by atoms with Crippen molar-refractivity contribution < 1.29 is 9.90 Å². The lowest BCUT2D eigenvalue weighted by Crippen LogP contribution is -2.53. The zero-order valence-corrected chi connectivity index (χ0v) is 11.1. The Morgan fingerprint density at radius 1 is 1.35 bits per heavy atom. The number of hydrogen-bond donors (Lipinski definition) is 1. The van der Waals surface area contributed by atoms with E-state index in [2.05, 4.69) is 18.9 Å². The Hall–Kier alpha value is -0.570. The Kier molecular flexibility index (Phi) is 3.76. The first-order chi connectivity index (χ1) is 8.05. The van der Waals surface area contributed by atoms with Crippen LogP contribution in [0.4, 0.5) is 0 Å². The molecule has 0 aromatic carbocycles. The van der Waals surface area contributed by atoms with Gasteiger partial charge in [0.15, 0.2) is 0 Å². The number of carbonyl (C=O) groups is 1. The molecule has 0 spiro atoms. The van der Waals surface area contributed by atoms with Gasteiger partial charge in [0.05, 0.1) is 6.42 Å². The molecule has 0 bridgehead atoms. The maximum absolute atomic E-state index is 11.2. The van der Waals surface area contributed by atoms with E-state index in [1.165, 1.54) is 32.1 Å². The molecule has 1 N–H and O–H groups in total. The zero-order chi connectivity index (χ0) is 12.5. The molecule has 0 aliphatic heterocycles. The van der Waals surface area contributed by atoms with Crippen LogP contribution in [0.2, 0.25) is 0 Å². The monoisotopic (exact) mass is 239 g/mol. The predicted octanol–water partition coefficient (Wildman–Crippen LogP) is 2.89. The third kappa shape index (κ3) is 2.82. The van der Waals surface area contributed by atoms with Gasteiger partial charge < -0.3 is 5.11 Å². The van der Waals surface area contributed by atoms with Crippen LogP contribution in [0.5, 0.6) is 0 Å². The van der Waals surface area contributed by atoms with Gasteiger partial charge in [0.1, 0.15) is 0 Å². The molecule has 3 nitrogen and oxygen atoms in total. The second-order valence-corrected chi connectivity index (χ2v) is 6.04. The van der Waals surface area contributed by atoms with Gasteiger partial charge in [-0.2, -0.15) is 0 Å². The van der Waals surface area contributed by atoms with Crippen LogP contribution in [0, 0.1) is 5.92 Å². The summed E-state index contributed by atoms with van der Waals surface area (Å²) in [6.45, 7) is 2.27. The van der Waals surface area contributed by atoms with Crippen LogP contribution in [-0.4, -0.2) is 34.6 Å². The smallest absolute Gasteiger partial charge is 0.305 e. The largest absolute Gasteiger partial charge is 0.481 e. The first kappa shape index (κ1) is 12.9. The van der Waals surface area contributed by atoms with E-state index in [0.717, 1.165) is 18.8 Å². The van der Waals surface area contributed by atoms with E-state index in [0.29, 0.717) is 12.5 Å². The maximum Gasteiger partial charge on any atom is 0.305 e. The maximum atomic E-state index is 11.2. The quantitative estimate of drug-likeness (QED) is 0.802. The highest BCUT2D eigenvalue weighted by molar-refractivity contribution is 5.68. The molecule has 0 aromatic heterocycles. The van der Waals surface area contributed by atoms with E-state index in [-0.39, 0.29) is 5.54 Å². The number of carboxylic acid groups (broad SMARTS) is 1. The summed E-state index contributed by atoms with van der Waals surface area (Å²) in [5.74, 6) is 0.175. The first-order valence-electron chi connectivity index (χ1n) is 7.00. The fourth-order valence-electron chi connectivity index (χ4n) is 3.47. The van der Waals surface area contributed by atoms with Crippen LogP contribution in [0.1, 0.15) is 58.3 Å². The van der Waals surface area contributed by atoms with E-state index in [1.54, 1.807) is 0 Å². The summed E-state index contributed by atoms with van der Waals surface area (Å²) in [5.41, 5.74) is -0.0634. The average Bonchev–Trinajstić information content (AvgIpc) is 3.11. The van der Waals surface area contributed by atoms with Crippen LogP contribution in [-0.2, 0) is 4.79 Å². The zero-order valence-electron chi connectivity index (χ0n) is 11.1. The van der Waals surface area contributed by atoms with Gasteiger partial charge in [0.2, 0.25) is 0 Å². The molecule has 0 radical (unpaired) electrons. The molecule has 3 heteroatoms. The Balaban J connectivity index is 2.09. The second kappa shape index (κ2) is 4.97. The minimum atomic E-state index is -0.637. The molecule has 0 saturated heterocycles. The highest BCUT2D eigenvalue weighted by Crippen LogP contribution is 2.42. The Bertz CT molecular complexity index is 280. The molecule has 2 aliphatic carbocycles. The Morgan fingerprint density at radius 2 is 1.94 bits per heavy atom. The summed E-state index contributed by atoms with van der Waals surface area (Å²) < 4.78 is 0. The van der Waals surface area contributed by atoms with Crippen molar-refractivity contribution in [2.75, 3.05) is 7.05 Å². The number of aliphatic carboxylic acids is 1. The van der Waals surface area contributed by atoms with Crippen LogP contribution in [0.25, 0.3) is 0 Å². The minimum absolute atomic E-state index is 0.0634. The van der Waals surface area contributed by atoms with Crippen LogP contribution in [0.3, 0.4) is 0 Å². The van der Waals surface area contributed by atoms with Gasteiger partial charge >= 0.3 is 5.97 Å². The number of nitrogens with zero attached hydrogens (tertiary/aromatic N) is 1. The molecule has 2 fully saturated rings. The lowest BCUT2D eigenvalue weighted by molar-refractivity contribution is -0.141. The van der Waals surface area contributed by atoms with Gasteiger partial charge in [0, 0.05) is 11.6 Å². The van der Waals surface area contributed by atoms with Crippen LogP contribution >= 0.6 is 0 Å². The van der Waals surface area contributed by atoms with Crippen molar-refractivity contribution >= 4 is 5.97 Å². The first-order valence-corrected chi connectivity index (χ1v) is 7.00. The molecule has 1 unspecified atom stereocenters. The van der Waals surface area contributed by atoms with Crippen molar-refractivity contribution in [2.24, 2.45) is 5.92 Å². The molecular formula is C14H25NO2. The minimum Gasteiger partial charge on any atom is -0.481 e. The Labute approximate surface area is 104 Å². The molecule has 2 rings (SSSR count). The number of rotatable bonds is 5. The lowest BCUT2D eigenvalue weighted by Gasteiger charge is -2.47. The van der Waals surface area contributed by atoms with Crippen LogP contribution in [0.15, 0.2) is 0 Å². The van der Waals surface area contributed by atoms with Crippen LogP contribution < -0.4 is 0 Å². The molecule has 0 heterocycles. The molecule has 2 aliphatic rings. The number of carboxylic acids is 1. The van der Waals surface area contributed by atoms with E-state index < -0.39 is 5.97 Å². The predicted molar refractivity (Wildman–Crippen MR) is 68.0 cm³/mol. The highest BCUT2D eigenvalue weighted by atomic mass is 16.4. The van der Waals surface area contributed by atoms with Crippen molar-refractivity contribution in [1.29, 1.82) is 0 Å².